The number of hydrogen-bond donors (Lipinski definition) is 2. The molecule has 2 heterocycles. The Balaban J connectivity index is 2.27. The third-order valence-corrected chi connectivity index (χ3v) is 3.20. The fraction of sp³-hybridized carbons (Fsp3) is 0.444. The molecule has 2 amide bonds. The Kier molecular flexibility index (Phi) is 2.59. The van der Waals surface area contributed by atoms with E-state index in [4.69, 9.17) is 16.7 Å². The van der Waals surface area contributed by atoms with Crippen molar-refractivity contribution in [3.8, 4) is 0 Å². The second kappa shape index (κ2) is 3.79. The van der Waals surface area contributed by atoms with Gasteiger partial charge in [0.1, 0.15) is 11.7 Å². The number of hydrogen-bond acceptors (Lipinski definition) is 3. The van der Waals surface area contributed by atoms with Gasteiger partial charge in [-0.2, -0.15) is 0 Å². The zero-order valence-corrected chi connectivity index (χ0v) is 8.90. The van der Waals surface area contributed by atoms with Crippen molar-refractivity contribution in [2.24, 2.45) is 0 Å². The molecule has 0 aromatic carbocycles. The van der Waals surface area contributed by atoms with Crippen molar-refractivity contribution < 1.29 is 19.5 Å². The lowest BCUT2D eigenvalue weighted by Crippen LogP contribution is -2.70. The Bertz CT molecular complexity index is 406. The average molecular weight is 245 g/mol. The van der Waals surface area contributed by atoms with Crippen molar-refractivity contribution >= 4 is 29.9 Å². The first-order chi connectivity index (χ1) is 7.57. The number of nitrogens with one attached hydrogen (secondary N) is 1. The maximum absolute atomic E-state index is 11.6. The molecular formula is C9H9ClN2O4. The number of fused-ring (bicyclic) bond motifs is 1. The monoisotopic (exact) mass is 244 g/mol. The van der Waals surface area contributed by atoms with E-state index in [0.29, 0.717) is 19.3 Å². The minimum Gasteiger partial charge on any atom is -0.477 e. The van der Waals surface area contributed by atoms with E-state index in [0.717, 1.165) is 4.90 Å². The highest BCUT2D eigenvalue weighted by atomic mass is 35.5. The van der Waals surface area contributed by atoms with Crippen LogP contribution in [0, 0.1) is 0 Å². The van der Waals surface area contributed by atoms with Crippen LogP contribution in [0.4, 0.5) is 0 Å². The predicted molar refractivity (Wildman–Crippen MR) is 53.4 cm³/mol. The lowest BCUT2D eigenvalue weighted by atomic mass is 9.86. The summed E-state index contributed by atoms with van der Waals surface area (Å²) in [5, 5.41) is 11.5. The molecular weight excluding hydrogens is 236 g/mol. The fourth-order valence-electron chi connectivity index (χ4n) is 2.12. The van der Waals surface area contributed by atoms with Gasteiger partial charge in [0, 0.05) is 5.03 Å². The summed E-state index contributed by atoms with van der Waals surface area (Å²) in [5.74, 6) is -1.64. The van der Waals surface area contributed by atoms with E-state index in [-0.39, 0.29) is 16.8 Å². The van der Waals surface area contributed by atoms with Gasteiger partial charge >= 0.3 is 5.97 Å². The minimum absolute atomic E-state index is 0.160. The first kappa shape index (κ1) is 10.9. The molecule has 0 aromatic rings. The van der Waals surface area contributed by atoms with E-state index < -0.39 is 17.9 Å². The smallest absolute Gasteiger partial charge is 0.353 e. The molecule has 6 nitrogen and oxygen atoms in total. The van der Waals surface area contributed by atoms with Crippen molar-refractivity contribution in [3.63, 3.8) is 0 Å². The van der Waals surface area contributed by atoms with Gasteiger partial charge in [-0.15, -0.1) is 0 Å². The number of allylic oxidation sites excluding steroid dienone is 1. The van der Waals surface area contributed by atoms with Gasteiger partial charge in [0.15, 0.2) is 0 Å². The first-order valence-corrected chi connectivity index (χ1v) is 5.10. The molecule has 2 aliphatic rings. The van der Waals surface area contributed by atoms with Gasteiger partial charge in [-0.1, -0.05) is 11.6 Å². The van der Waals surface area contributed by atoms with Crippen LogP contribution in [0.15, 0.2) is 10.7 Å². The van der Waals surface area contributed by atoms with Gasteiger partial charge < -0.3 is 10.4 Å². The molecule has 2 N–H and O–H groups in total. The predicted octanol–water partition coefficient (Wildman–Crippen LogP) is -0.359. The molecule has 1 saturated heterocycles. The number of aliphatic carboxylic acids is 1. The molecule has 86 valence electrons. The van der Waals surface area contributed by atoms with E-state index in [9.17, 15) is 14.4 Å². The first-order valence-electron chi connectivity index (χ1n) is 4.72. The number of halogens is 1. The van der Waals surface area contributed by atoms with Crippen LogP contribution in [-0.2, 0) is 14.4 Å². The minimum atomic E-state index is -1.22. The van der Waals surface area contributed by atoms with Gasteiger partial charge in [-0.25, -0.2) is 4.79 Å². The summed E-state index contributed by atoms with van der Waals surface area (Å²) >= 11 is 5.78. The topological polar surface area (TPSA) is 86.7 Å². The molecule has 2 atom stereocenters. The van der Waals surface area contributed by atoms with Crippen molar-refractivity contribution in [1.82, 2.24) is 10.2 Å². The highest BCUT2D eigenvalue weighted by Gasteiger charge is 2.52. The van der Waals surface area contributed by atoms with Gasteiger partial charge in [0.05, 0.1) is 6.04 Å². The van der Waals surface area contributed by atoms with Gasteiger partial charge in [0.25, 0.3) is 5.91 Å². The summed E-state index contributed by atoms with van der Waals surface area (Å²) in [6.07, 6.45) is 1.42. The lowest BCUT2D eigenvalue weighted by Gasteiger charge is -2.49. The number of nitrogens with zero attached hydrogens (tertiary/aromatic N) is 1. The molecule has 0 radical (unpaired) electrons. The zero-order chi connectivity index (χ0) is 11.9. The molecule has 2 rings (SSSR count). The molecule has 7 heteroatoms. The third-order valence-electron chi connectivity index (χ3n) is 2.83. The quantitative estimate of drug-likeness (QED) is 0.524. The molecule has 0 aromatic heterocycles. The Morgan fingerprint density at radius 3 is 2.88 bits per heavy atom. The number of amides is 2. The van der Waals surface area contributed by atoms with Crippen LogP contribution in [-0.4, -0.2) is 40.4 Å². The number of rotatable bonds is 3. The van der Waals surface area contributed by atoms with E-state index in [2.05, 4.69) is 5.32 Å². The Morgan fingerprint density at radius 1 is 1.62 bits per heavy atom. The van der Waals surface area contributed by atoms with Crippen LogP contribution in [0.25, 0.3) is 0 Å². The van der Waals surface area contributed by atoms with E-state index in [1.54, 1.807) is 0 Å². The molecule has 16 heavy (non-hydrogen) atoms. The summed E-state index contributed by atoms with van der Waals surface area (Å²) in [7, 11) is 0. The summed E-state index contributed by atoms with van der Waals surface area (Å²) in [4.78, 5) is 34.0. The van der Waals surface area contributed by atoms with Crippen LogP contribution >= 0.6 is 11.6 Å². The van der Waals surface area contributed by atoms with Gasteiger partial charge in [-0.3, -0.25) is 14.5 Å². The Labute approximate surface area is 95.8 Å². The largest absolute Gasteiger partial charge is 0.477 e. The highest BCUT2D eigenvalue weighted by Crippen LogP contribution is 2.37. The van der Waals surface area contributed by atoms with Crippen LogP contribution in [0.5, 0.6) is 0 Å². The maximum atomic E-state index is 11.6. The summed E-state index contributed by atoms with van der Waals surface area (Å²) < 4.78 is 0. The number of carbonyl (C=O) groups excluding carboxylic acids is 2. The van der Waals surface area contributed by atoms with Crippen molar-refractivity contribution in [3.05, 3.63) is 10.7 Å². The van der Waals surface area contributed by atoms with E-state index in [1.807, 2.05) is 0 Å². The van der Waals surface area contributed by atoms with Crippen molar-refractivity contribution in [2.75, 3.05) is 0 Å². The van der Waals surface area contributed by atoms with Crippen LogP contribution in [0.2, 0.25) is 0 Å². The van der Waals surface area contributed by atoms with E-state index >= 15 is 0 Å². The number of β-lactam (4-membered cyclic amide) rings is 1. The van der Waals surface area contributed by atoms with E-state index in [1.165, 1.54) is 0 Å². The molecule has 0 aliphatic carbocycles. The van der Waals surface area contributed by atoms with Crippen LogP contribution < -0.4 is 5.32 Å². The van der Waals surface area contributed by atoms with Crippen LogP contribution in [0.1, 0.15) is 12.8 Å². The third kappa shape index (κ3) is 1.37. The summed E-state index contributed by atoms with van der Waals surface area (Å²) in [5.41, 5.74) is -0.160. The molecule has 2 aliphatic heterocycles. The summed E-state index contributed by atoms with van der Waals surface area (Å²) in [6, 6.07) is -0.900. The molecule has 2 unspecified atom stereocenters. The Morgan fingerprint density at radius 2 is 2.31 bits per heavy atom. The number of carbonyl (C=O) groups is 3. The van der Waals surface area contributed by atoms with Crippen LogP contribution in [0.3, 0.4) is 0 Å². The zero-order valence-electron chi connectivity index (χ0n) is 8.14. The molecule has 1 fully saturated rings. The average Bonchev–Trinajstić information content (AvgIpc) is 2.25. The number of carboxylic acid groups (broad SMARTS) is 1. The number of carboxylic acids is 1. The normalized spacial score (nSPS) is 28.3. The highest BCUT2D eigenvalue weighted by molar-refractivity contribution is 6.32. The molecule has 0 bridgehead atoms. The maximum Gasteiger partial charge on any atom is 0.353 e. The van der Waals surface area contributed by atoms with Gasteiger partial charge in [-0.05, 0) is 12.8 Å². The summed E-state index contributed by atoms with van der Waals surface area (Å²) in [6.45, 7) is 0. The molecule has 0 saturated carbocycles. The molecule has 0 spiro atoms. The SMILES string of the molecule is O=CNC1C(=O)N2C(C(=O)O)=C(Cl)CCC12. The standard InChI is InChI=1S/C9H9ClN2O4/c10-4-1-2-5-6(11-3-13)8(14)12(5)7(4)9(15)16/h3,5-6H,1-2H2,(H,11,13)(H,15,16). The second-order valence-electron chi connectivity index (χ2n) is 3.64. The van der Waals surface area contributed by atoms with Crippen molar-refractivity contribution in [2.45, 2.75) is 24.9 Å². The van der Waals surface area contributed by atoms with Gasteiger partial charge in [0.2, 0.25) is 6.41 Å². The lowest BCUT2D eigenvalue weighted by molar-refractivity contribution is -0.154. The van der Waals surface area contributed by atoms with Crippen molar-refractivity contribution in [1.29, 1.82) is 0 Å². The second-order valence-corrected chi connectivity index (χ2v) is 4.09. The Hall–Kier alpha value is -1.56. The fourth-order valence-corrected chi connectivity index (χ4v) is 2.40.